The molecule has 0 radical (unpaired) electrons. The smallest absolute Gasteiger partial charge is 0.315 e. The summed E-state index contributed by atoms with van der Waals surface area (Å²) < 4.78 is 4.67. The Labute approximate surface area is 66.5 Å². The van der Waals surface area contributed by atoms with Crippen LogP contribution >= 0.6 is 0 Å². The maximum absolute atomic E-state index is 11.2. The van der Waals surface area contributed by atoms with E-state index in [1.807, 2.05) is 31.2 Å². The van der Waals surface area contributed by atoms with Crippen LogP contribution in [0.4, 0.5) is 0 Å². The molecule has 0 saturated heterocycles. The van der Waals surface area contributed by atoms with Crippen LogP contribution in [0.1, 0.15) is 13.3 Å². The lowest BCUT2D eigenvalue weighted by Gasteiger charge is -2.22. The highest BCUT2D eigenvalue weighted by Gasteiger charge is 2.30. The molecule has 0 saturated carbocycles. The third kappa shape index (κ3) is 1.50. The standard InChI is InChI=1S/C9H12O2/c1-9(8(10)11-2)6-4-3-5-7-9/h3-6H,7H2,1-2H3. The third-order valence-electron chi connectivity index (χ3n) is 1.90. The highest BCUT2D eigenvalue weighted by atomic mass is 16.5. The van der Waals surface area contributed by atoms with Crippen LogP contribution < -0.4 is 0 Å². The first kappa shape index (κ1) is 8.05. The fourth-order valence-corrected chi connectivity index (χ4v) is 1.11. The summed E-state index contributed by atoms with van der Waals surface area (Å²) in [5, 5.41) is 0. The van der Waals surface area contributed by atoms with Gasteiger partial charge in [0.2, 0.25) is 0 Å². The Hall–Kier alpha value is -1.05. The van der Waals surface area contributed by atoms with Crippen LogP contribution in [0, 0.1) is 5.41 Å². The Morgan fingerprint density at radius 1 is 1.55 bits per heavy atom. The first-order valence-electron chi connectivity index (χ1n) is 3.62. The van der Waals surface area contributed by atoms with Crippen molar-refractivity contribution in [1.82, 2.24) is 0 Å². The van der Waals surface area contributed by atoms with Crippen molar-refractivity contribution in [2.45, 2.75) is 13.3 Å². The Morgan fingerprint density at radius 3 is 2.73 bits per heavy atom. The molecule has 1 atom stereocenters. The van der Waals surface area contributed by atoms with E-state index in [-0.39, 0.29) is 5.97 Å². The van der Waals surface area contributed by atoms with Gasteiger partial charge in [-0.1, -0.05) is 24.3 Å². The molecular weight excluding hydrogens is 140 g/mol. The molecule has 0 aliphatic heterocycles. The lowest BCUT2D eigenvalue weighted by Crippen LogP contribution is -2.27. The minimum atomic E-state index is -0.441. The van der Waals surface area contributed by atoms with Gasteiger partial charge in [0.1, 0.15) is 0 Å². The quantitative estimate of drug-likeness (QED) is 0.534. The van der Waals surface area contributed by atoms with E-state index in [4.69, 9.17) is 0 Å². The van der Waals surface area contributed by atoms with Gasteiger partial charge in [-0.05, 0) is 13.3 Å². The zero-order chi connectivity index (χ0) is 8.32. The maximum atomic E-state index is 11.2. The predicted octanol–water partition coefficient (Wildman–Crippen LogP) is 1.68. The zero-order valence-corrected chi connectivity index (χ0v) is 6.83. The molecule has 1 unspecified atom stereocenters. The van der Waals surface area contributed by atoms with Crippen molar-refractivity contribution in [3.05, 3.63) is 24.3 Å². The molecule has 0 heterocycles. The molecule has 0 spiro atoms. The van der Waals surface area contributed by atoms with Crippen molar-refractivity contribution < 1.29 is 9.53 Å². The molecule has 0 aromatic heterocycles. The highest BCUT2D eigenvalue weighted by Crippen LogP contribution is 2.27. The number of allylic oxidation sites excluding steroid dienone is 3. The molecule has 0 aromatic rings. The van der Waals surface area contributed by atoms with Crippen LogP contribution in [-0.4, -0.2) is 13.1 Å². The van der Waals surface area contributed by atoms with Crippen molar-refractivity contribution in [3.63, 3.8) is 0 Å². The van der Waals surface area contributed by atoms with E-state index in [9.17, 15) is 4.79 Å². The van der Waals surface area contributed by atoms with Gasteiger partial charge in [-0.15, -0.1) is 0 Å². The Balaban J connectivity index is 2.75. The molecule has 60 valence electrons. The van der Waals surface area contributed by atoms with Gasteiger partial charge in [-0.3, -0.25) is 4.79 Å². The molecule has 1 aliphatic rings. The van der Waals surface area contributed by atoms with E-state index < -0.39 is 5.41 Å². The molecule has 0 fully saturated rings. The van der Waals surface area contributed by atoms with Crippen LogP contribution in [0.25, 0.3) is 0 Å². The lowest BCUT2D eigenvalue weighted by atomic mass is 9.84. The predicted molar refractivity (Wildman–Crippen MR) is 43.0 cm³/mol. The van der Waals surface area contributed by atoms with Crippen molar-refractivity contribution in [1.29, 1.82) is 0 Å². The lowest BCUT2D eigenvalue weighted by molar-refractivity contribution is -0.148. The first-order chi connectivity index (χ1) is 5.19. The maximum Gasteiger partial charge on any atom is 0.315 e. The van der Waals surface area contributed by atoms with Gasteiger partial charge in [-0.25, -0.2) is 0 Å². The second-order valence-electron chi connectivity index (χ2n) is 2.90. The fourth-order valence-electron chi connectivity index (χ4n) is 1.11. The number of carbonyl (C=O) groups excluding carboxylic acids is 1. The topological polar surface area (TPSA) is 26.3 Å². The fraction of sp³-hybridized carbons (Fsp3) is 0.444. The summed E-state index contributed by atoms with van der Waals surface area (Å²) in [5.41, 5.74) is -0.441. The zero-order valence-electron chi connectivity index (χ0n) is 6.83. The van der Waals surface area contributed by atoms with Gasteiger partial charge in [0.25, 0.3) is 0 Å². The molecule has 1 aliphatic carbocycles. The average Bonchev–Trinajstić information content (AvgIpc) is 2.04. The molecular formula is C9H12O2. The summed E-state index contributed by atoms with van der Waals surface area (Å²) in [5.74, 6) is -0.168. The van der Waals surface area contributed by atoms with Crippen LogP contribution in [0.2, 0.25) is 0 Å². The van der Waals surface area contributed by atoms with Gasteiger partial charge < -0.3 is 4.74 Å². The summed E-state index contributed by atoms with van der Waals surface area (Å²) >= 11 is 0. The second kappa shape index (κ2) is 2.91. The van der Waals surface area contributed by atoms with E-state index in [0.29, 0.717) is 0 Å². The molecule has 2 nitrogen and oxygen atoms in total. The highest BCUT2D eigenvalue weighted by molar-refractivity contribution is 5.79. The van der Waals surface area contributed by atoms with Crippen LogP contribution in [0.3, 0.4) is 0 Å². The van der Waals surface area contributed by atoms with Gasteiger partial charge in [0.15, 0.2) is 0 Å². The largest absolute Gasteiger partial charge is 0.468 e. The monoisotopic (exact) mass is 152 g/mol. The summed E-state index contributed by atoms with van der Waals surface area (Å²) in [6.07, 6.45) is 8.39. The van der Waals surface area contributed by atoms with E-state index >= 15 is 0 Å². The molecule has 0 bridgehead atoms. The van der Waals surface area contributed by atoms with Crippen molar-refractivity contribution in [2.75, 3.05) is 7.11 Å². The summed E-state index contributed by atoms with van der Waals surface area (Å²) in [6, 6.07) is 0. The molecule has 0 aromatic carbocycles. The van der Waals surface area contributed by atoms with Crippen molar-refractivity contribution in [3.8, 4) is 0 Å². The van der Waals surface area contributed by atoms with Gasteiger partial charge in [0.05, 0.1) is 12.5 Å². The Bertz CT molecular complexity index is 216. The normalized spacial score (nSPS) is 28.5. The number of ether oxygens (including phenoxy) is 1. The minimum absolute atomic E-state index is 0.168. The van der Waals surface area contributed by atoms with Crippen LogP contribution in [0.5, 0.6) is 0 Å². The molecule has 1 rings (SSSR count). The Kier molecular flexibility index (Phi) is 2.13. The summed E-state index contributed by atoms with van der Waals surface area (Å²) in [4.78, 5) is 11.2. The van der Waals surface area contributed by atoms with E-state index in [2.05, 4.69) is 4.74 Å². The number of esters is 1. The van der Waals surface area contributed by atoms with Crippen LogP contribution in [-0.2, 0) is 9.53 Å². The SMILES string of the molecule is COC(=O)C1(C)C=CC=CC1. The van der Waals surface area contributed by atoms with Crippen molar-refractivity contribution in [2.24, 2.45) is 5.41 Å². The van der Waals surface area contributed by atoms with E-state index in [1.165, 1.54) is 7.11 Å². The molecule has 0 amide bonds. The molecule has 2 heteroatoms. The summed E-state index contributed by atoms with van der Waals surface area (Å²) in [7, 11) is 1.42. The number of hydrogen-bond donors (Lipinski definition) is 0. The minimum Gasteiger partial charge on any atom is -0.468 e. The average molecular weight is 152 g/mol. The van der Waals surface area contributed by atoms with Crippen molar-refractivity contribution >= 4 is 5.97 Å². The number of rotatable bonds is 1. The van der Waals surface area contributed by atoms with E-state index in [1.54, 1.807) is 0 Å². The number of hydrogen-bond acceptors (Lipinski definition) is 2. The van der Waals surface area contributed by atoms with Gasteiger partial charge in [0, 0.05) is 0 Å². The van der Waals surface area contributed by atoms with Crippen LogP contribution in [0.15, 0.2) is 24.3 Å². The third-order valence-corrected chi connectivity index (χ3v) is 1.90. The van der Waals surface area contributed by atoms with Gasteiger partial charge in [-0.2, -0.15) is 0 Å². The molecule has 0 N–H and O–H groups in total. The second-order valence-corrected chi connectivity index (χ2v) is 2.90. The number of carbonyl (C=O) groups is 1. The summed E-state index contributed by atoms with van der Waals surface area (Å²) in [6.45, 7) is 1.87. The van der Waals surface area contributed by atoms with E-state index in [0.717, 1.165) is 6.42 Å². The number of methoxy groups -OCH3 is 1. The first-order valence-corrected chi connectivity index (χ1v) is 3.62. The molecule has 11 heavy (non-hydrogen) atoms. The van der Waals surface area contributed by atoms with Gasteiger partial charge >= 0.3 is 5.97 Å². The Morgan fingerprint density at radius 2 is 2.27 bits per heavy atom.